The van der Waals surface area contributed by atoms with Gasteiger partial charge in [0.2, 0.25) is 0 Å². The van der Waals surface area contributed by atoms with Crippen LogP contribution in [0.1, 0.15) is 19.8 Å². The predicted octanol–water partition coefficient (Wildman–Crippen LogP) is 3.91. The fraction of sp³-hybridized carbons (Fsp3) is 0.250. The van der Waals surface area contributed by atoms with Gasteiger partial charge in [-0.15, -0.1) is 0 Å². The van der Waals surface area contributed by atoms with Crippen LogP contribution in [0.15, 0.2) is 67.4 Å². The molecule has 162 valence electrons. The van der Waals surface area contributed by atoms with Gasteiger partial charge < -0.3 is 10.6 Å². The number of likely N-dealkylation sites (N-methyl/N-ethyl adjacent to an activating group) is 1. The molecule has 0 radical (unpaired) electrons. The molecule has 32 heavy (non-hydrogen) atoms. The van der Waals surface area contributed by atoms with Crippen LogP contribution in [0.5, 0.6) is 0 Å². The van der Waals surface area contributed by atoms with Crippen molar-refractivity contribution in [1.29, 1.82) is 0 Å². The Hall–Kier alpha value is -3.78. The molecule has 0 fully saturated rings. The molecule has 5 heterocycles. The van der Waals surface area contributed by atoms with Crippen LogP contribution in [-0.4, -0.2) is 48.6 Å². The predicted molar refractivity (Wildman–Crippen MR) is 127 cm³/mol. The number of hydrogen-bond donors (Lipinski definition) is 2. The molecule has 0 aliphatic rings. The summed E-state index contributed by atoms with van der Waals surface area (Å²) in [6, 6.07) is 12.4. The van der Waals surface area contributed by atoms with Crippen molar-refractivity contribution < 1.29 is 0 Å². The fourth-order valence-corrected chi connectivity index (χ4v) is 4.04. The first-order valence-corrected chi connectivity index (χ1v) is 10.9. The minimum atomic E-state index is 0.335. The lowest BCUT2D eigenvalue weighted by Gasteiger charge is -2.18. The summed E-state index contributed by atoms with van der Waals surface area (Å²) in [7, 11) is 1.97. The second-order valence-electron chi connectivity index (χ2n) is 7.83. The number of aromatic nitrogens is 6. The number of nitrogens with one attached hydrogen (secondary N) is 2. The first-order valence-electron chi connectivity index (χ1n) is 10.9. The van der Waals surface area contributed by atoms with Crippen LogP contribution >= 0.6 is 0 Å². The molecular formula is C24H26N8. The maximum Gasteiger partial charge on any atom is 0.155 e. The number of rotatable bonds is 8. The Morgan fingerprint density at radius 2 is 1.94 bits per heavy atom. The van der Waals surface area contributed by atoms with Crippen molar-refractivity contribution in [2.75, 3.05) is 18.9 Å². The van der Waals surface area contributed by atoms with Gasteiger partial charge in [-0.05, 0) is 37.7 Å². The van der Waals surface area contributed by atoms with E-state index < -0.39 is 0 Å². The van der Waals surface area contributed by atoms with E-state index in [2.05, 4.69) is 32.6 Å². The topological polar surface area (TPSA) is 84.4 Å². The Balaban J connectivity index is 1.52. The van der Waals surface area contributed by atoms with Crippen LogP contribution in [0.4, 0.5) is 5.82 Å². The smallest absolute Gasteiger partial charge is 0.155 e. The van der Waals surface area contributed by atoms with Crippen LogP contribution in [0.2, 0.25) is 0 Å². The Morgan fingerprint density at radius 1 is 1.00 bits per heavy atom. The van der Waals surface area contributed by atoms with E-state index >= 15 is 0 Å². The Bertz CT molecular complexity index is 1350. The number of hydrogen-bond acceptors (Lipinski definition) is 6. The van der Waals surface area contributed by atoms with E-state index in [9.17, 15) is 0 Å². The van der Waals surface area contributed by atoms with E-state index in [-0.39, 0.29) is 0 Å². The zero-order chi connectivity index (χ0) is 21.9. The molecule has 2 N–H and O–H groups in total. The molecule has 0 saturated carbocycles. The van der Waals surface area contributed by atoms with E-state index in [4.69, 9.17) is 4.98 Å². The quantitative estimate of drug-likeness (QED) is 0.391. The van der Waals surface area contributed by atoms with Gasteiger partial charge in [0.25, 0.3) is 0 Å². The second kappa shape index (κ2) is 8.76. The third kappa shape index (κ3) is 3.80. The summed E-state index contributed by atoms with van der Waals surface area (Å²) < 4.78 is 3.89. The summed E-state index contributed by atoms with van der Waals surface area (Å²) in [5, 5.41) is 11.3. The molecule has 5 aromatic heterocycles. The lowest BCUT2D eigenvalue weighted by molar-refractivity contribution is 0.598. The summed E-state index contributed by atoms with van der Waals surface area (Å²) in [5.74, 6) is 0.864. The molecule has 0 amide bonds. The van der Waals surface area contributed by atoms with Crippen LogP contribution < -0.4 is 10.6 Å². The van der Waals surface area contributed by atoms with Crippen molar-refractivity contribution in [3.8, 4) is 22.6 Å². The van der Waals surface area contributed by atoms with Crippen molar-refractivity contribution in [3.63, 3.8) is 0 Å². The molecule has 8 heteroatoms. The highest BCUT2D eigenvalue weighted by atomic mass is 15.2. The number of nitrogens with zero attached hydrogens (tertiary/aromatic N) is 6. The molecule has 0 bridgehead atoms. The number of pyridine rings is 2. The van der Waals surface area contributed by atoms with Gasteiger partial charge in [0.15, 0.2) is 5.65 Å². The summed E-state index contributed by atoms with van der Waals surface area (Å²) >= 11 is 0. The van der Waals surface area contributed by atoms with Gasteiger partial charge in [0.05, 0.1) is 41.2 Å². The number of anilines is 1. The Labute approximate surface area is 186 Å². The van der Waals surface area contributed by atoms with Crippen LogP contribution in [0.3, 0.4) is 0 Å². The zero-order valence-electron chi connectivity index (χ0n) is 18.2. The summed E-state index contributed by atoms with van der Waals surface area (Å²) in [6.45, 7) is 3.09. The molecule has 5 aromatic rings. The van der Waals surface area contributed by atoms with Crippen LogP contribution in [0, 0.1) is 0 Å². The van der Waals surface area contributed by atoms with E-state index in [1.165, 1.54) is 0 Å². The van der Waals surface area contributed by atoms with Crippen LogP contribution in [-0.2, 0) is 0 Å². The summed E-state index contributed by atoms with van der Waals surface area (Å²) in [5.41, 5.74) is 5.38. The lowest BCUT2D eigenvalue weighted by Crippen LogP contribution is -2.31. The van der Waals surface area contributed by atoms with E-state index in [0.29, 0.717) is 6.04 Å². The minimum absolute atomic E-state index is 0.335. The first-order chi connectivity index (χ1) is 15.8. The molecule has 0 aliphatic carbocycles. The number of imidazole rings is 1. The van der Waals surface area contributed by atoms with Gasteiger partial charge in [-0.3, -0.25) is 9.38 Å². The van der Waals surface area contributed by atoms with Crippen molar-refractivity contribution in [2.45, 2.75) is 25.8 Å². The van der Waals surface area contributed by atoms with E-state index in [1.54, 1.807) is 6.20 Å². The molecule has 0 saturated heterocycles. The van der Waals surface area contributed by atoms with Crippen molar-refractivity contribution in [2.24, 2.45) is 0 Å². The van der Waals surface area contributed by atoms with Gasteiger partial charge in [0.1, 0.15) is 5.82 Å². The highest BCUT2D eigenvalue weighted by Gasteiger charge is 2.13. The molecule has 0 aliphatic heterocycles. The molecule has 0 aromatic carbocycles. The molecule has 1 atom stereocenters. The maximum atomic E-state index is 4.88. The first kappa shape index (κ1) is 20.1. The molecule has 1 unspecified atom stereocenters. The monoisotopic (exact) mass is 426 g/mol. The molecular weight excluding hydrogens is 400 g/mol. The van der Waals surface area contributed by atoms with E-state index in [0.717, 1.165) is 59.0 Å². The van der Waals surface area contributed by atoms with Crippen molar-refractivity contribution in [3.05, 3.63) is 67.4 Å². The van der Waals surface area contributed by atoms with Crippen molar-refractivity contribution in [1.82, 2.24) is 34.3 Å². The van der Waals surface area contributed by atoms with Gasteiger partial charge in [-0.1, -0.05) is 25.5 Å². The maximum absolute atomic E-state index is 4.88. The molecule has 8 nitrogen and oxygen atoms in total. The second-order valence-corrected chi connectivity index (χ2v) is 7.83. The number of fused-ring (bicyclic) bond motifs is 2. The summed E-state index contributed by atoms with van der Waals surface area (Å²) in [6.07, 6.45) is 11.6. The fourth-order valence-electron chi connectivity index (χ4n) is 4.04. The van der Waals surface area contributed by atoms with Crippen LogP contribution in [0.25, 0.3) is 33.8 Å². The van der Waals surface area contributed by atoms with Gasteiger partial charge in [-0.25, -0.2) is 14.5 Å². The third-order valence-corrected chi connectivity index (χ3v) is 5.55. The lowest BCUT2D eigenvalue weighted by atomic mass is 10.1. The third-order valence-electron chi connectivity index (χ3n) is 5.55. The van der Waals surface area contributed by atoms with Crippen molar-refractivity contribution >= 4 is 17.0 Å². The Morgan fingerprint density at radius 3 is 2.81 bits per heavy atom. The van der Waals surface area contributed by atoms with E-state index in [1.807, 2.05) is 77.1 Å². The zero-order valence-corrected chi connectivity index (χ0v) is 18.2. The largest absolute Gasteiger partial charge is 0.366 e. The Kier molecular flexibility index (Phi) is 5.51. The highest BCUT2D eigenvalue weighted by Crippen LogP contribution is 2.26. The van der Waals surface area contributed by atoms with Gasteiger partial charge in [0, 0.05) is 30.5 Å². The molecule has 0 spiro atoms. The summed E-state index contributed by atoms with van der Waals surface area (Å²) in [4.78, 5) is 14.0. The normalized spacial score (nSPS) is 12.4. The average molecular weight is 427 g/mol. The van der Waals surface area contributed by atoms with Gasteiger partial charge in [-0.2, -0.15) is 5.10 Å². The standard InChI is InChI=1S/C24H26N8/c1-3-7-17(12-25-2)29-23-10-6-8-19(30-23)22-14-27-24-15-26-20(16-31(22)24)18-13-28-32-11-5-4-9-21(18)32/h4-6,8-11,13-17,25H,3,7,12H2,1-2H3,(H,29,30). The highest BCUT2D eigenvalue weighted by molar-refractivity contribution is 5.78. The average Bonchev–Trinajstić information content (AvgIpc) is 3.43. The molecule has 5 rings (SSSR count). The SMILES string of the molecule is CCCC(CNC)Nc1cccc(-c2cnc3cnc(-c4cnn5ccccc45)cn23)n1. The minimum Gasteiger partial charge on any atom is -0.366 e. The van der Waals surface area contributed by atoms with Gasteiger partial charge >= 0.3 is 0 Å².